The van der Waals surface area contributed by atoms with Crippen LogP contribution < -0.4 is 0 Å². The number of hydrogen-bond acceptors (Lipinski definition) is 1. The van der Waals surface area contributed by atoms with Crippen molar-refractivity contribution < 1.29 is 18.0 Å². The fraction of sp³-hybridized carbons (Fsp3) is 0.167. The van der Waals surface area contributed by atoms with Crippen LogP contribution in [0.1, 0.15) is 10.4 Å². The minimum absolute atomic E-state index is 0.363. The van der Waals surface area contributed by atoms with E-state index in [0.717, 1.165) is 12.3 Å². The van der Waals surface area contributed by atoms with Gasteiger partial charge in [-0.3, -0.25) is 4.79 Å². The molecule has 1 heterocycles. The number of hydrogen-bond donors (Lipinski definition) is 1. The summed E-state index contributed by atoms with van der Waals surface area (Å²) in [5, 5.41) is 0. The van der Waals surface area contributed by atoms with Gasteiger partial charge < -0.3 is 4.98 Å². The molecule has 0 saturated carbocycles. The Hall–Kier alpha value is -1.26. The highest BCUT2D eigenvalue weighted by Crippen LogP contribution is 2.20. The van der Waals surface area contributed by atoms with Crippen molar-refractivity contribution in [3.63, 3.8) is 0 Å². The zero-order valence-electron chi connectivity index (χ0n) is 5.27. The maximum atomic E-state index is 11.6. The van der Waals surface area contributed by atoms with Gasteiger partial charge in [-0.1, -0.05) is 0 Å². The van der Waals surface area contributed by atoms with Gasteiger partial charge in [-0.05, 0) is 6.07 Å². The van der Waals surface area contributed by atoms with E-state index in [2.05, 4.69) is 4.98 Å². The molecule has 1 aromatic rings. The fourth-order valence-corrected chi connectivity index (χ4v) is 0.629. The summed E-state index contributed by atoms with van der Waals surface area (Å²) in [4.78, 5) is 12.7. The van der Waals surface area contributed by atoms with E-state index in [9.17, 15) is 18.0 Å². The highest BCUT2D eigenvalue weighted by atomic mass is 19.4. The molecule has 0 saturated heterocycles. The predicted octanol–water partition coefficient (Wildman–Crippen LogP) is 1.76. The Labute approximate surface area is 60.0 Å². The second-order valence-corrected chi connectivity index (χ2v) is 1.93. The third kappa shape index (κ3) is 1.60. The first-order chi connectivity index (χ1) is 5.02. The van der Waals surface area contributed by atoms with Crippen LogP contribution in [0.2, 0.25) is 0 Å². The number of aromatic nitrogens is 1. The van der Waals surface area contributed by atoms with E-state index in [-0.39, 0.29) is 5.56 Å². The van der Waals surface area contributed by atoms with E-state index < -0.39 is 12.0 Å². The van der Waals surface area contributed by atoms with Crippen LogP contribution in [0, 0.1) is 0 Å². The number of rotatable bonds is 1. The number of nitrogens with one attached hydrogen (secondary N) is 1. The van der Waals surface area contributed by atoms with E-state index in [1.807, 2.05) is 0 Å². The maximum absolute atomic E-state index is 11.6. The molecule has 0 fully saturated rings. The summed E-state index contributed by atoms with van der Waals surface area (Å²) in [5.41, 5.74) is -0.363. The van der Waals surface area contributed by atoms with Crippen LogP contribution in [0.4, 0.5) is 13.2 Å². The summed E-state index contributed by atoms with van der Waals surface area (Å²) in [7, 11) is 0. The molecule has 0 aromatic carbocycles. The normalized spacial score (nSPS) is 11.5. The molecular weight excluding hydrogens is 159 g/mol. The third-order valence-electron chi connectivity index (χ3n) is 1.12. The molecule has 1 rings (SSSR count). The molecule has 2 nitrogen and oxygen atoms in total. The Balaban J connectivity index is 2.88. The van der Waals surface area contributed by atoms with Crippen molar-refractivity contribution in [1.29, 1.82) is 0 Å². The van der Waals surface area contributed by atoms with Crippen LogP contribution in [0.25, 0.3) is 0 Å². The zero-order chi connectivity index (χ0) is 8.48. The van der Waals surface area contributed by atoms with E-state index in [1.165, 1.54) is 6.20 Å². The van der Waals surface area contributed by atoms with Crippen molar-refractivity contribution in [1.82, 2.24) is 4.98 Å². The highest BCUT2D eigenvalue weighted by molar-refractivity contribution is 6.00. The largest absolute Gasteiger partial charge is 0.454 e. The van der Waals surface area contributed by atoms with Crippen LogP contribution in [-0.2, 0) is 0 Å². The lowest BCUT2D eigenvalue weighted by molar-refractivity contribution is -0.0885. The van der Waals surface area contributed by atoms with Gasteiger partial charge in [-0.2, -0.15) is 13.2 Å². The Kier molecular flexibility index (Phi) is 1.72. The molecular formula is C6H4F3NO. The first-order valence-electron chi connectivity index (χ1n) is 2.76. The number of aromatic amines is 1. The molecule has 0 unspecified atom stereocenters. The zero-order valence-corrected chi connectivity index (χ0v) is 5.27. The lowest BCUT2D eigenvalue weighted by Crippen LogP contribution is -2.21. The maximum Gasteiger partial charge on any atom is 0.454 e. The van der Waals surface area contributed by atoms with Crippen LogP contribution in [-0.4, -0.2) is 16.9 Å². The van der Waals surface area contributed by atoms with Crippen molar-refractivity contribution in [2.75, 3.05) is 0 Å². The SMILES string of the molecule is O=C(c1cc[nH]c1)C(F)(F)F. The van der Waals surface area contributed by atoms with Crippen LogP contribution >= 0.6 is 0 Å². The summed E-state index contributed by atoms with van der Waals surface area (Å²) >= 11 is 0. The standard InChI is InChI=1S/C6H4F3NO/c7-6(8,9)5(11)4-1-2-10-3-4/h1-3,10H. The number of H-pyrrole nitrogens is 1. The molecule has 0 radical (unpaired) electrons. The van der Waals surface area contributed by atoms with Gasteiger partial charge in [-0.15, -0.1) is 0 Å². The van der Waals surface area contributed by atoms with Gasteiger partial charge in [0.2, 0.25) is 0 Å². The van der Waals surface area contributed by atoms with Crippen molar-refractivity contribution in [3.05, 3.63) is 24.0 Å². The van der Waals surface area contributed by atoms with Crippen molar-refractivity contribution >= 4 is 5.78 Å². The highest BCUT2D eigenvalue weighted by Gasteiger charge is 2.39. The molecule has 1 aromatic heterocycles. The van der Waals surface area contributed by atoms with E-state index in [0.29, 0.717) is 0 Å². The fourth-order valence-electron chi connectivity index (χ4n) is 0.629. The Morgan fingerprint density at radius 2 is 2.09 bits per heavy atom. The quantitative estimate of drug-likeness (QED) is 0.628. The summed E-state index contributed by atoms with van der Waals surface area (Å²) < 4.78 is 34.9. The first kappa shape index (κ1) is 7.84. The molecule has 0 atom stereocenters. The molecule has 11 heavy (non-hydrogen) atoms. The number of Topliss-reactive ketones (excluding diaryl/α,β-unsaturated/α-hetero) is 1. The molecule has 0 bridgehead atoms. The van der Waals surface area contributed by atoms with Gasteiger partial charge >= 0.3 is 6.18 Å². The second kappa shape index (κ2) is 2.41. The Morgan fingerprint density at radius 1 is 1.45 bits per heavy atom. The van der Waals surface area contributed by atoms with E-state index in [4.69, 9.17) is 0 Å². The molecule has 0 amide bonds. The van der Waals surface area contributed by atoms with Gasteiger partial charge in [0.25, 0.3) is 5.78 Å². The van der Waals surface area contributed by atoms with Crippen LogP contribution in [0.15, 0.2) is 18.5 Å². The lowest BCUT2D eigenvalue weighted by Gasteiger charge is -2.00. The number of ketones is 1. The molecule has 1 N–H and O–H groups in total. The second-order valence-electron chi connectivity index (χ2n) is 1.93. The molecule has 5 heteroatoms. The van der Waals surface area contributed by atoms with Crippen molar-refractivity contribution in [2.45, 2.75) is 6.18 Å². The summed E-state index contributed by atoms with van der Waals surface area (Å²) in [6.07, 6.45) is -2.50. The number of carbonyl (C=O) groups excluding carboxylic acids is 1. The van der Waals surface area contributed by atoms with Gasteiger partial charge in [-0.25, -0.2) is 0 Å². The van der Waals surface area contributed by atoms with E-state index in [1.54, 1.807) is 0 Å². The van der Waals surface area contributed by atoms with Gasteiger partial charge in [0, 0.05) is 18.0 Å². The molecule has 60 valence electrons. The van der Waals surface area contributed by atoms with E-state index >= 15 is 0 Å². The average molecular weight is 163 g/mol. The monoisotopic (exact) mass is 163 g/mol. The average Bonchev–Trinajstić information content (AvgIpc) is 2.34. The molecule has 0 spiro atoms. The molecule has 0 aliphatic carbocycles. The minimum Gasteiger partial charge on any atom is -0.367 e. The molecule has 0 aliphatic heterocycles. The Bertz CT molecular complexity index is 249. The Morgan fingerprint density at radius 3 is 2.45 bits per heavy atom. The topological polar surface area (TPSA) is 32.9 Å². The van der Waals surface area contributed by atoms with Crippen LogP contribution in [0.5, 0.6) is 0 Å². The number of alkyl halides is 3. The van der Waals surface area contributed by atoms with Gasteiger partial charge in [0.15, 0.2) is 0 Å². The summed E-state index contributed by atoms with van der Waals surface area (Å²) in [5.74, 6) is -1.82. The number of halogens is 3. The summed E-state index contributed by atoms with van der Waals surface area (Å²) in [6, 6.07) is 1.08. The van der Waals surface area contributed by atoms with Gasteiger partial charge in [0.05, 0.1) is 0 Å². The molecule has 0 aliphatic rings. The van der Waals surface area contributed by atoms with Gasteiger partial charge in [0.1, 0.15) is 0 Å². The van der Waals surface area contributed by atoms with Crippen molar-refractivity contribution in [3.8, 4) is 0 Å². The third-order valence-corrected chi connectivity index (χ3v) is 1.12. The van der Waals surface area contributed by atoms with Crippen LogP contribution in [0.3, 0.4) is 0 Å². The smallest absolute Gasteiger partial charge is 0.367 e. The predicted molar refractivity (Wildman–Crippen MR) is 31.2 cm³/mol. The first-order valence-corrected chi connectivity index (χ1v) is 2.76. The van der Waals surface area contributed by atoms with Crippen molar-refractivity contribution in [2.24, 2.45) is 0 Å². The number of carbonyl (C=O) groups is 1. The lowest BCUT2D eigenvalue weighted by atomic mass is 10.2. The minimum atomic E-state index is -4.78. The summed E-state index contributed by atoms with van der Waals surface area (Å²) in [6.45, 7) is 0.